The summed E-state index contributed by atoms with van der Waals surface area (Å²) in [5, 5.41) is 2.76. The first-order chi connectivity index (χ1) is 11.6. The Morgan fingerprint density at radius 1 is 1.12 bits per heavy atom. The monoisotopic (exact) mass is 328 g/mol. The quantitative estimate of drug-likeness (QED) is 0.764. The highest BCUT2D eigenvalue weighted by Gasteiger charge is 2.13. The molecule has 0 aliphatic carbocycles. The van der Waals surface area contributed by atoms with Crippen LogP contribution in [0.2, 0.25) is 0 Å². The second kappa shape index (κ2) is 7.04. The van der Waals surface area contributed by atoms with E-state index in [4.69, 9.17) is 4.42 Å². The zero-order valence-electron chi connectivity index (χ0n) is 12.6. The number of hydrogen-bond acceptors (Lipinski definition) is 3. The van der Waals surface area contributed by atoms with Gasteiger partial charge < -0.3 is 9.73 Å². The van der Waals surface area contributed by atoms with Gasteiger partial charge in [0.25, 0.3) is 0 Å². The molecule has 0 radical (unpaired) electrons. The Bertz CT molecular complexity index is 847. The smallest absolute Gasteiger partial charge is 0.224 e. The number of carbonyl (C=O) groups excluding carboxylic acids is 1. The first-order valence-electron chi connectivity index (χ1n) is 7.37. The maximum Gasteiger partial charge on any atom is 0.224 e. The van der Waals surface area contributed by atoms with Crippen LogP contribution >= 0.6 is 0 Å². The number of amides is 1. The number of nitrogens with zero attached hydrogens (tertiary/aromatic N) is 1. The van der Waals surface area contributed by atoms with Gasteiger partial charge in [0.1, 0.15) is 11.6 Å². The maximum absolute atomic E-state index is 13.7. The first kappa shape index (κ1) is 15.9. The van der Waals surface area contributed by atoms with E-state index in [-0.39, 0.29) is 30.1 Å². The van der Waals surface area contributed by atoms with Crippen molar-refractivity contribution in [2.45, 2.75) is 12.8 Å². The molecule has 2 aromatic carbocycles. The van der Waals surface area contributed by atoms with Gasteiger partial charge >= 0.3 is 0 Å². The molecule has 1 amide bonds. The van der Waals surface area contributed by atoms with Crippen molar-refractivity contribution in [1.82, 2.24) is 4.98 Å². The van der Waals surface area contributed by atoms with Crippen LogP contribution in [0.3, 0.4) is 0 Å². The van der Waals surface area contributed by atoms with E-state index in [1.807, 2.05) is 18.2 Å². The Hall–Kier alpha value is -3.02. The van der Waals surface area contributed by atoms with Gasteiger partial charge in [-0.15, -0.1) is 0 Å². The zero-order valence-corrected chi connectivity index (χ0v) is 12.6. The molecule has 1 N–H and O–H groups in total. The van der Waals surface area contributed by atoms with Crippen molar-refractivity contribution in [3.05, 3.63) is 72.3 Å². The fourth-order valence-electron chi connectivity index (χ4n) is 2.21. The molecule has 0 aliphatic rings. The summed E-state index contributed by atoms with van der Waals surface area (Å²) in [6.07, 6.45) is 1.82. The van der Waals surface area contributed by atoms with Crippen LogP contribution in [-0.4, -0.2) is 10.9 Å². The lowest BCUT2D eigenvalue weighted by atomic mass is 10.2. The molecule has 1 heterocycles. The van der Waals surface area contributed by atoms with Gasteiger partial charge in [0.2, 0.25) is 5.91 Å². The van der Waals surface area contributed by atoms with E-state index in [1.54, 1.807) is 12.1 Å². The van der Waals surface area contributed by atoms with Gasteiger partial charge in [-0.05, 0) is 24.3 Å². The minimum absolute atomic E-state index is 0.129. The summed E-state index contributed by atoms with van der Waals surface area (Å²) in [7, 11) is 0. The number of para-hydroxylation sites is 1. The molecule has 122 valence electrons. The molecule has 4 nitrogen and oxygen atoms in total. The van der Waals surface area contributed by atoms with Crippen molar-refractivity contribution >= 4 is 11.6 Å². The molecule has 0 bridgehead atoms. The molecule has 0 saturated carbocycles. The Morgan fingerprint density at radius 2 is 1.92 bits per heavy atom. The van der Waals surface area contributed by atoms with E-state index in [2.05, 4.69) is 10.3 Å². The van der Waals surface area contributed by atoms with Crippen molar-refractivity contribution in [3.8, 4) is 11.3 Å². The van der Waals surface area contributed by atoms with E-state index in [9.17, 15) is 13.6 Å². The highest BCUT2D eigenvalue weighted by atomic mass is 19.1. The lowest BCUT2D eigenvalue weighted by Crippen LogP contribution is -2.12. The number of aryl methyl sites for hydroxylation is 1. The number of aromatic nitrogens is 1. The molecular formula is C18H14F2N2O2. The van der Waals surface area contributed by atoms with Crippen LogP contribution in [0.25, 0.3) is 11.3 Å². The fourth-order valence-corrected chi connectivity index (χ4v) is 2.21. The molecule has 0 fully saturated rings. The molecule has 3 aromatic rings. The fraction of sp³-hybridized carbons (Fsp3) is 0.111. The highest BCUT2D eigenvalue weighted by Crippen LogP contribution is 2.24. The number of benzene rings is 2. The van der Waals surface area contributed by atoms with Crippen LogP contribution in [0.1, 0.15) is 12.3 Å². The van der Waals surface area contributed by atoms with E-state index in [1.165, 1.54) is 12.3 Å². The molecule has 3 rings (SSSR count). The normalized spacial score (nSPS) is 10.6. The predicted molar refractivity (Wildman–Crippen MR) is 85.2 cm³/mol. The average Bonchev–Trinajstić information content (AvgIpc) is 3.02. The van der Waals surface area contributed by atoms with Gasteiger partial charge in [0.15, 0.2) is 11.7 Å². The zero-order chi connectivity index (χ0) is 16.9. The van der Waals surface area contributed by atoms with Crippen LogP contribution in [-0.2, 0) is 11.2 Å². The standard InChI is InChI=1S/C18H14F2N2O2/c19-12-6-7-14(15(20)10-12)16-11-21-18(24-16)9-8-17(23)22-13-4-2-1-3-5-13/h1-7,10-11H,8-9H2,(H,22,23). The molecule has 24 heavy (non-hydrogen) atoms. The maximum atomic E-state index is 13.7. The molecule has 0 atom stereocenters. The van der Waals surface area contributed by atoms with Crippen molar-refractivity contribution in [3.63, 3.8) is 0 Å². The van der Waals surface area contributed by atoms with E-state index < -0.39 is 11.6 Å². The molecule has 6 heteroatoms. The molecule has 0 unspecified atom stereocenters. The number of hydrogen-bond donors (Lipinski definition) is 1. The summed E-state index contributed by atoms with van der Waals surface area (Å²) in [4.78, 5) is 15.9. The van der Waals surface area contributed by atoms with Crippen molar-refractivity contribution < 1.29 is 18.0 Å². The van der Waals surface area contributed by atoms with Crippen LogP contribution in [0.4, 0.5) is 14.5 Å². The summed E-state index contributed by atoms with van der Waals surface area (Å²) in [6.45, 7) is 0. The lowest BCUT2D eigenvalue weighted by Gasteiger charge is -2.03. The Labute approximate surface area is 137 Å². The van der Waals surface area contributed by atoms with Crippen LogP contribution in [0.15, 0.2) is 59.1 Å². The number of carbonyl (C=O) groups is 1. The number of rotatable bonds is 5. The van der Waals surface area contributed by atoms with Crippen LogP contribution < -0.4 is 5.32 Å². The van der Waals surface area contributed by atoms with E-state index in [0.29, 0.717) is 11.6 Å². The number of nitrogens with one attached hydrogen (secondary N) is 1. The van der Waals surface area contributed by atoms with Gasteiger partial charge in [0.05, 0.1) is 11.8 Å². The largest absolute Gasteiger partial charge is 0.441 e. The third kappa shape index (κ3) is 3.84. The number of oxazole rings is 1. The predicted octanol–water partition coefficient (Wildman–Crippen LogP) is 4.19. The highest BCUT2D eigenvalue weighted by molar-refractivity contribution is 5.90. The Kier molecular flexibility index (Phi) is 4.65. The first-order valence-corrected chi connectivity index (χ1v) is 7.37. The van der Waals surface area contributed by atoms with Gasteiger partial charge in [-0.25, -0.2) is 13.8 Å². The SMILES string of the molecule is O=C(CCc1ncc(-c2ccc(F)cc2F)o1)Nc1ccccc1. The average molecular weight is 328 g/mol. The van der Waals surface area contributed by atoms with Gasteiger partial charge in [0, 0.05) is 24.6 Å². The summed E-state index contributed by atoms with van der Waals surface area (Å²) in [5.41, 5.74) is 0.841. The second-order valence-electron chi connectivity index (χ2n) is 5.16. The van der Waals surface area contributed by atoms with Gasteiger partial charge in [-0.1, -0.05) is 18.2 Å². The van der Waals surface area contributed by atoms with Crippen molar-refractivity contribution in [2.24, 2.45) is 0 Å². The third-order valence-corrected chi connectivity index (χ3v) is 3.37. The Balaban J connectivity index is 1.61. The van der Waals surface area contributed by atoms with Crippen molar-refractivity contribution in [1.29, 1.82) is 0 Å². The summed E-state index contributed by atoms with van der Waals surface area (Å²) in [6, 6.07) is 12.3. The van der Waals surface area contributed by atoms with Crippen molar-refractivity contribution in [2.75, 3.05) is 5.32 Å². The second-order valence-corrected chi connectivity index (χ2v) is 5.16. The summed E-state index contributed by atoms with van der Waals surface area (Å²) in [5.74, 6) is -1.04. The molecule has 0 aliphatic heterocycles. The lowest BCUT2D eigenvalue weighted by molar-refractivity contribution is -0.116. The molecule has 0 saturated heterocycles. The molecule has 0 spiro atoms. The van der Waals surface area contributed by atoms with Crippen LogP contribution in [0, 0.1) is 11.6 Å². The summed E-state index contributed by atoms with van der Waals surface area (Å²) < 4.78 is 32.1. The number of anilines is 1. The van der Waals surface area contributed by atoms with E-state index in [0.717, 1.165) is 12.1 Å². The third-order valence-electron chi connectivity index (χ3n) is 3.37. The topological polar surface area (TPSA) is 55.1 Å². The minimum Gasteiger partial charge on any atom is -0.441 e. The van der Waals surface area contributed by atoms with E-state index >= 15 is 0 Å². The molecular weight excluding hydrogens is 314 g/mol. The Morgan fingerprint density at radius 3 is 2.67 bits per heavy atom. The van der Waals surface area contributed by atoms with Gasteiger partial charge in [-0.3, -0.25) is 4.79 Å². The minimum atomic E-state index is -0.723. The summed E-state index contributed by atoms with van der Waals surface area (Å²) >= 11 is 0. The van der Waals surface area contributed by atoms with Gasteiger partial charge in [-0.2, -0.15) is 0 Å². The molecule has 1 aromatic heterocycles. The number of halogens is 2. The van der Waals surface area contributed by atoms with Crippen LogP contribution in [0.5, 0.6) is 0 Å².